The fourth-order valence-corrected chi connectivity index (χ4v) is 1.12. The molecule has 1 unspecified atom stereocenters. The first-order chi connectivity index (χ1) is 4.31. The van der Waals surface area contributed by atoms with Crippen molar-refractivity contribution in [2.45, 2.75) is 19.8 Å². The second-order valence-corrected chi connectivity index (χ2v) is 3.33. The number of thioether (sulfide) groups is 1. The van der Waals surface area contributed by atoms with Crippen LogP contribution in [0.4, 0.5) is 0 Å². The fourth-order valence-electron chi connectivity index (χ4n) is 0.667. The van der Waals surface area contributed by atoms with Gasteiger partial charge in [0.15, 0.2) is 0 Å². The van der Waals surface area contributed by atoms with Gasteiger partial charge in [-0.05, 0) is 30.8 Å². The van der Waals surface area contributed by atoms with Crippen molar-refractivity contribution in [3.63, 3.8) is 0 Å². The Morgan fingerprint density at radius 1 is 1.67 bits per heavy atom. The summed E-state index contributed by atoms with van der Waals surface area (Å²) in [6.07, 6.45) is 6.80. The first-order valence-electron chi connectivity index (χ1n) is 3.42. The van der Waals surface area contributed by atoms with E-state index in [1.807, 2.05) is 17.8 Å². The highest BCUT2D eigenvalue weighted by Gasteiger charge is 1.93. The average Bonchev–Trinajstić information content (AvgIpc) is 1.89. The van der Waals surface area contributed by atoms with Crippen LogP contribution in [0.25, 0.3) is 0 Å². The molecule has 0 aromatic rings. The first-order valence-corrected chi connectivity index (χ1v) is 4.82. The lowest BCUT2D eigenvalue weighted by Gasteiger charge is -2.02. The van der Waals surface area contributed by atoms with Crippen LogP contribution in [0.1, 0.15) is 19.8 Å². The normalized spacial score (nSPS) is 13.1. The van der Waals surface area contributed by atoms with Gasteiger partial charge in [0.1, 0.15) is 0 Å². The lowest BCUT2D eigenvalue weighted by Crippen LogP contribution is -1.89. The second kappa shape index (κ2) is 6.21. The Morgan fingerprint density at radius 3 is 2.78 bits per heavy atom. The standard InChI is InChI=1S/C8H16S/c1-4-8(2)6-5-7-9-3/h4,8H,1,5-7H2,2-3H3. The minimum atomic E-state index is 0.706. The minimum Gasteiger partial charge on any atom is -0.165 e. The quantitative estimate of drug-likeness (QED) is 0.422. The molecule has 0 aliphatic rings. The van der Waals surface area contributed by atoms with E-state index < -0.39 is 0 Å². The summed E-state index contributed by atoms with van der Waals surface area (Å²) in [4.78, 5) is 0. The summed E-state index contributed by atoms with van der Waals surface area (Å²) in [6, 6.07) is 0. The Hall–Kier alpha value is 0.0900. The molecular formula is C8H16S. The van der Waals surface area contributed by atoms with Crippen molar-refractivity contribution in [1.82, 2.24) is 0 Å². The van der Waals surface area contributed by atoms with E-state index in [9.17, 15) is 0 Å². The van der Waals surface area contributed by atoms with Crippen LogP contribution in [0, 0.1) is 5.92 Å². The van der Waals surface area contributed by atoms with Gasteiger partial charge in [-0.25, -0.2) is 0 Å². The molecule has 0 fully saturated rings. The fraction of sp³-hybridized carbons (Fsp3) is 0.750. The zero-order valence-corrected chi connectivity index (χ0v) is 7.21. The van der Waals surface area contributed by atoms with Crippen molar-refractivity contribution >= 4 is 11.8 Å². The Bertz CT molecular complexity index is 69.0. The molecule has 0 nitrogen and oxygen atoms in total. The summed E-state index contributed by atoms with van der Waals surface area (Å²) in [5.74, 6) is 2.00. The monoisotopic (exact) mass is 144 g/mol. The van der Waals surface area contributed by atoms with Crippen LogP contribution in [-0.2, 0) is 0 Å². The van der Waals surface area contributed by atoms with Crippen LogP contribution in [-0.4, -0.2) is 12.0 Å². The molecule has 0 N–H and O–H groups in total. The Labute approximate surface area is 62.7 Å². The third-order valence-corrected chi connectivity index (χ3v) is 2.11. The molecule has 0 aliphatic carbocycles. The van der Waals surface area contributed by atoms with Gasteiger partial charge in [0, 0.05) is 0 Å². The molecule has 0 saturated carbocycles. The SMILES string of the molecule is C=CC(C)CCCSC. The van der Waals surface area contributed by atoms with Crippen molar-refractivity contribution < 1.29 is 0 Å². The maximum atomic E-state index is 3.73. The van der Waals surface area contributed by atoms with Gasteiger partial charge < -0.3 is 0 Å². The van der Waals surface area contributed by atoms with Gasteiger partial charge in [0.05, 0.1) is 0 Å². The summed E-state index contributed by atoms with van der Waals surface area (Å²) < 4.78 is 0. The van der Waals surface area contributed by atoms with Crippen molar-refractivity contribution in [2.24, 2.45) is 5.92 Å². The third kappa shape index (κ3) is 5.97. The molecule has 0 aromatic carbocycles. The summed E-state index contributed by atoms with van der Waals surface area (Å²) in [6.45, 7) is 5.95. The molecule has 54 valence electrons. The van der Waals surface area contributed by atoms with Crippen molar-refractivity contribution in [1.29, 1.82) is 0 Å². The van der Waals surface area contributed by atoms with Crippen LogP contribution < -0.4 is 0 Å². The Kier molecular flexibility index (Phi) is 6.28. The number of rotatable bonds is 5. The highest BCUT2D eigenvalue weighted by atomic mass is 32.2. The van der Waals surface area contributed by atoms with Gasteiger partial charge in [-0.2, -0.15) is 11.8 Å². The summed E-state index contributed by atoms with van der Waals surface area (Å²) in [5.41, 5.74) is 0. The molecule has 0 amide bonds. The van der Waals surface area contributed by atoms with Gasteiger partial charge >= 0.3 is 0 Å². The minimum absolute atomic E-state index is 0.706. The summed E-state index contributed by atoms with van der Waals surface area (Å²) in [7, 11) is 0. The van der Waals surface area contributed by atoms with E-state index in [1.165, 1.54) is 18.6 Å². The molecule has 0 aromatic heterocycles. The van der Waals surface area contributed by atoms with Crippen LogP contribution in [0.2, 0.25) is 0 Å². The zero-order valence-electron chi connectivity index (χ0n) is 6.39. The average molecular weight is 144 g/mol. The molecule has 0 saturated heterocycles. The molecule has 0 spiro atoms. The van der Waals surface area contributed by atoms with Crippen LogP contribution in [0.3, 0.4) is 0 Å². The van der Waals surface area contributed by atoms with E-state index in [-0.39, 0.29) is 0 Å². The van der Waals surface area contributed by atoms with Crippen LogP contribution in [0.15, 0.2) is 12.7 Å². The second-order valence-electron chi connectivity index (χ2n) is 2.35. The van der Waals surface area contributed by atoms with Gasteiger partial charge in [0.25, 0.3) is 0 Å². The molecule has 0 heterocycles. The Morgan fingerprint density at radius 2 is 2.33 bits per heavy atom. The molecule has 0 radical (unpaired) electrons. The van der Waals surface area contributed by atoms with Gasteiger partial charge in [-0.3, -0.25) is 0 Å². The summed E-state index contributed by atoms with van der Waals surface area (Å²) in [5, 5.41) is 0. The van der Waals surface area contributed by atoms with Crippen LogP contribution in [0.5, 0.6) is 0 Å². The van der Waals surface area contributed by atoms with Crippen LogP contribution >= 0.6 is 11.8 Å². The Balaban J connectivity index is 2.96. The van der Waals surface area contributed by atoms with Gasteiger partial charge in [-0.15, -0.1) is 6.58 Å². The molecule has 1 heteroatoms. The van der Waals surface area contributed by atoms with E-state index in [0.717, 1.165) is 0 Å². The molecule has 0 aliphatic heterocycles. The number of allylic oxidation sites excluding steroid dienone is 1. The highest BCUT2D eigenvalue weighted by Crippen LogP contribution is 2.08. The number of hydrogen-bond acceptors (Lipinski definition) is 1. The molecule has 0 bridgehead atoms. The lowest BCUT2D eigenvalue weighted by molar-refractivity contribution is 0.639. The third-order valence-electron chi connectivity index (χ3n) is 1.41. The predicted octanol–water partition coefficient (Wildman–Crippen LogP) is 2.95. The molecule has 9 heavy (non-hydrogen) atoms. The lowest BCUT2D eigenvalue weighted by atomic mass is 10.1. The molecule has 0 rings (SSSR count). The van der Waals surface area contributed by atoms with Crippen molar-refractivity contribution in [3.05, 3.63) is 12.7 Å². The van der Waals surface area contributed by atoms with Crippen molar-refractivity contribution in [2.75, 3.05) is 12.0 Å². The van der Waals surface area contributed by atoms with E-state index in [4.69, 9.17) is 0 Å². The van der Waals surface area contributed by atoms with E-state index in [2.05, 4.69) is 19.8 Å². The van der Waals surface area contributed by atoms with E-state index in [0.29, 0.717) is 5.92 Å². The van der Waals surface area contributed by atoms with Crippen molar-refractivity contribution in [3.8, 4) is 0 Å². The smallest absolute Gasteiger partial charge is 0.00701 e. The molecule has 1 atom stereocenters. The first kappa shape index (κ1) is 9.09. The zero-order chi connectivity index (χ0) is 7.11. The van der Waals surface area contributed by atoms with Gasteiger partial charge in [0.2, 0.25) is 0 Å². The molecular weight excluding hydrogens is 128 g/mol. The maximum Gasteiger partial charge on any atom is -0.00701 e. The van der Waals surface area contributed by atoms with E-state index in [1.54, 1.807) is 0 Å². The largest absolute Gasteiger partial charge is 0.165 e. The maximum absolute atomic E-state index is 3.73. The summed E-state index contributed by atoms with van der Waals surface area (Å²) >= 11 is 1.92. The number of hydrogen-bond donors (Lipinski definition) is 0. The highest BCUT2D eigenvalue weighted by molar-refractivity contribution is 7.98. The van der Waals surface area contributed by atoms with E-state index >= 15 is 0 Å². The van der Waals surface area contributed by atoms with Gasteiger partial charge in [-0.1, -0.05) is 13.0 Å². The predicted molar refractivity (Wildman–Crippen MR) is 47.0 cm³/mol. The topological polar surface area (TPSA) is 0 Å².